The Hall–Kier alpha value is -3.63. The summed E-state index contributed by atoms with van der Waals surface area (Å²) in [6, 6.07) is 4.43. The maximum atomic E-state index is 13.4. The van der Waals surface area contributed by atoms with Gasteiger partial charge in [0.15, 0.2) is 0 Å². The second kappa shape index (κ2) is 13.6. The summed E-state index contributed by atoms with van der Waals surface area (Å²) in [7, 11) is 1.49. The van der Waals surface area contributed by atoms with E-state index in [1.165, 1.54) is 18.4 Å². The zero-order valence-corrected chi connectivity index (χ0v) is 24.6. The molecule has 6 amide bonds. The van der Waals surface area contributed by atoms with Crippen molar-refractivity contribution in [2.45, 2.75) is 64.2 Å². The molecule has 0 radical (unpaired) electrons. The van der Waals surface area contributed by atoms with Crippen LogP contribution in [-0.2, 0) is 14.4 Å². The largest absolute Gasteiger partial charge is 0.495 e. The van der Waals surface area contributed by atoms with Gasteiger partial charge in [0, 0.05) is 63.1 Å². The maximum Gasteiger partial charge on any atom is 0.328 e. The van der Waals surface area contributed by atoms with Crippen LogP contribution in [0.15, 0.2) is 18.2 Å². The summed E-state index contributed by atoms with van der Waals surface area (Å²) in [6.45, 7) is 3.31. The van der Waals surface area contributed by atoms with Crippen molar-refractivity contribution >= 4 is 35.3 Å². The van der Waals surface area contributed by atoms with Gasteiger partial charge >= 0.3 is 6.03 Å². The van der Waals surface area contributed by atoms with E-state index in [0.29, 0.717) is 68.5 Å². The molecule has 3 heterocycles. The van der Waals surface area contributed by atoms with E-state index in [2.05, 4.69) is 10.6 Å². The summed E-state index contributed by atoms with van der Waals surface area (Å²) in [5.41, 5.74) is 0.869. The zero-order valence-electron chi connectivity index (χ0n) is 24.6. The highest BCUT2D eigenvalue weighted by Crippen LogP contribution is 2.32. The van der Waals surface area contributed by atoms with Gasteiger partial charge in [-0.05, 0) is 62.6 Å². The van der Waals surface area contributed by atoms with Crippen molar-refractivity contribution in [3.05, 3.63) is 23.8 Å². The minimum Gasteiger partial charge on any atom is -0.495 e. The van der Waals surface area contributed by atoms with Gasteiger partial charge in [0.05, 0.1) is 12.8 Å². The van der Waals surface area contributed by atoms with Crippen molar-refractivity contribution < 1.29 is 28.7 Å². The lowest BCUT2D eigenvalue weighted by atomic mass is 9.88. The molecule has 0 unspecified atom stereocenters. The fraction of sp³-hybridized carbons (Fsp3) is 0.645. The van der Waals surface area contributed by atoms with E-state index < -0.39 is 6.03 Å². The fourth-order valence-corrected chi connectivity index (χ4v) is 6.71. The van der Waals surface area contributed by atoms with Gasteiger partial charge in [-0.15, -0.1) is 0 Å². The number of rotatable bonds is 7. The van der Waals surface area contributed by atoms with E-state index in [9.17, 15) is 24.0 Å². The number of piperidine rings is 2. The maximum absolute atomic E-state index is 13.4. The van der Waals surface area contributed by atoms with E-state index >= 15 is 0 Å². The predicted molar refractivity (Wildman–Crippen MR) is 156 cm³/mol. The van der Waals surface area contributed by atoms with E-state index in [1.54, 1.807) is 23.1 Å². The quantitative estimate of drug-likeness (QED) is 0.510. The van der Waals surface area contributed by atoms with E-state index in [0.717, 1.165) is 38.5 Å². The van der Waals surface area contributed by atoms with Gasteiger partial charge in [-0.1, -0.05) is 19.3 Å². The molecular weight excluding hydrogens is 538 g/mol. The van der Waals surface area contributed by atoms with Crippen molar-refractivity contribution in [2.75, 3.05) is 51.3 Å². The van der Waals surface area contributed by atoms with Gasteiger partial charge in [-0.2, -0.15) is 0 Å². The van der Waals surface area contributed by atoms with Crippen LogP contribution in [0.2, 0.25) is 0 Å². The number of anilines is 1. The number of nitrogens with zero attached hydrogens (tertiary/aromatic N) is 3. The van der Waals surface area contributed by atoms with Crippen LogP contribution < -0.4 is 20.3 Å². The molecule has 228 valence electrons. The molecule has 3 saturated heterocycles. The number of hydrogen-bond donors (Lipinski definition) is 2. The lowest BCUT2D eigenvalue weighted by Crippen LogP contribution is -2.49. The highest BCUT2D eigenvalue weighted by Gasteiger charge is 2.33. The molecule has 4 aliphatic rings. The molecule has 42 heavy (non-hydrogen) atoms. The number of methoxy groups -OCH3 is 1. The molecule has 1 saturated carbocycles. The number of ether oxygens (including phenoxy) is 1. The summed E-state index contributed by atoms with van der Waals surface area (Å²) in [5.74, 6) is 0.809. The third-order valence-electron chi connectivity index (χ3n) is 9.37. The topological polar surface area (TPSA) is 128 Å². The number of nitrogens with one attached hydrogen (secondary N) is 2. The van der Waals surface area contributed by atoms with Crippen LogP contribution in [0.25, 0.3) is 0 Å². The van der Waals surface area contributed by atoms with Crippen LogP contribution in [0.1, 0.15) is 74.6 Å². The molecule has 0 bridgehead atoms. The number of imide groups is 1. The van der Waals surface area contributed by atoms with Crippen molar-refractivity contribution in [3.63, 3.8) is 0 Å². The van der Waals surface area contributed by atoms with Gasteiger partial charge in [-0.3, -0.25) is 29.4 Å². The van der Waals surface area contributed by atoms with Crippen molar-refractivity contribution in [3.8, 4) is 5.75 Å². The molecule has 0 aromatic heterocycles. The molecule has 4 fully saturated rings. The first-order chi connectivity index (χ1) is 20.3. The van der Waals surface area contributed by atoms with Crippen LogP contribution in [0.5, 0.6) is 5.75 Å². The van der Waals surface area contributed by atoms with Gasteiger partial charge < -0.3 is 19.9 Å². The van der Waals surface area contributed by atoms with Crippen LogP contribution in [-0.4, -0.2) is 85.8 Å². The van der Waals surface area contributed by atoms with Gasteiger partial charge in [0.2, 0.25) is 17.7 Å². The highest BCUT2D eigenvalue weighted by molar-refractivity contribution is 6.07. The van der Waals surface area contributed by atoms with Crippen LogP contribution in [0.4, 0.5) is 10.5 Å². The third kappa shape index (κ3) is 6.87. The molecule has 3 aliphatic heterocycles. The van der Waals surface area contributed by atoms with E-state index in [4.69, 9.17) is 4.74 Å². The monoisotopic (exact) mass is 581 g/mol. The number of likely N-dealkylation sites (tertiary alicyclic amines) is 2. The van der Waals surface area contributed by atoms with Crippen LogP contribution >= 0.6 is 0 Å². The molecule has 1 aromatic rings. The normalized spacial score (nSPS) is 21.2. The Labute approximate surface area is 247 Å². The fourth-order valence-electron chi connectivity index (χ4n) is 6.71. The highest BCUT2D eigenvalue weighted by atomic mass is 16.5. The van der Waals surface area contributed by atoms with Gasteiger partial charge in [0.25, 0.3) is 5.91 Å². The Morgan fingerprint density at radius 2 is 1.57 bits per heavy atom. The molecule has 0 spiro atoms. The number of urea groups is 1. The van der Waals surface area contributed by atoms with E-state index in [1.807, 2.05) is 4.90 Å². The summed E-state index contributed by atoms with van der Waals surface area (Å²) < 4.78 is 5.42. The Kier molecular flexibility index (Phi) is 9.64. The standard InChI is InChI=1S/C31H43N5O6/c1-42-26-8-7-24(19-25(26)36-18-13-27(37)33-31(36)41)30(40)35-16-11-23(12-17-35)29(39)34-14-9-21(10-15-34)20-32-28(38)22-5-3-2-4-6-22/h7-8,19,21-23H,2-6,9-18,20H2,1H3,(H,32,38)(H,33,37,41). The molecule has 11 heteroatoms. The molecule has 1 aliphatic carbocycles. The molecule has 2 N–H and O–H groups in total. The smallest absolute Gasteiger partial charge is 0.328 e. The zero-order chi connectivity index (χ0) is 29.6. The average Bonchev–Trinajstić information content (AvgIpc) is 3.03. The van der Waals surface area contributed by atoms with Crippen LogP contribution in [0.3, 0.4) is 0 Å². The second-order valence-electron chi connectivity index (χ2n) is 12.1. The van der Waals surface area contributed by atoms with Crippen molar-refractivity contribution in [1.82, 2.24) is 20.4 Å². The SMILES string of the molecule is COc1ccc(C(=O)N2CCC(C(=O)N3CCC(CNC(=O)C4CCCCC4)CC3)CC2)cc1N1CCC(=O)NC1=O. The number of hydrogen-bond acceptors (Lipinski definition) is 6. The number of carbonyl (C=O) groups is 5. The first kappa shape index (κ1) is 29.8. The van der Waals surface area contributed by atoms with Gasteiger partial charge in [-0.25, -0.2) is 4.79 Å². The average molecular weight is 582 g/mol. The molecule has 1 aromatic carbocycles. The Balaban J connectivity index is 1.09. The minimum atomic E-state index is -0.540. The predicted octanol–water partition coefficient (Wildman–Crippen LogP) is 2.93. The summed E-state index contributed by atoms with van der Waals surface area (Å²) >= 11 is 0. The molecular formula is C31H43N5O6. The van der Waals surface area contributed by atoms with E-state index in [-0.39, 0.29) is 48.4 Å². The molecule has 11 nitrogen and oxygen atoms in total. The Morgan fingerprint density at radius 1 is 0.881 bits per heavy atom. The summed E-state index contributed by atoms with van der Waals surface area (Å²) in [6.07, 6.45) is 8.74. The molecule has 0 atom stereocenters. The first-order valence-corrected chi connectivity index (χ1v) is 15.5. The number of benzene rings is 1. The molecule has 5 rings (SSSR count). The van der Waals surface area contributed by atoms with Gasteiger partial charge in [0.1, 0.15) is 5.75 Å². The number of amides is 6. The van der Waals surface area contributed by atoms with Crippen molar-refractivity contribution in [1.29, 1.82) is 0 Å². The summed E-state index contributed by atoms with van der Waals surface area (Å²) in [5, 5.41) is 5.47. The van der Waals surface area contributed by atoms with Crippen molar-refractivity contribution in [2.24, 2.45) is 17.8 Å². The Bertz CT molecular complexity index is 1180. The summed E-state index contributed by atoms with van der Waals surface area (Å²) in [4.78, 5) is 68.3. The second-order valence-corrected chi connectivity index (χ2v) is 12.1. The lowest BCUT2D eigenvalue weighted by molar-refractivity contribution is -0.138. The third-order valence-corrected chi connectivity index (χ3v) is 9.37. The lowest BCUT2D eigenvalue weighted by Gasteiger charge is -2.37. The number of carbonyl (C=O) groups excluding carboxylic acids is 5. The minimum absolute atomic E-state index is 0.0994. The Morgan fingerprint density at radius 3 is 2.24 bits per heavy atom. The van der Waals surface area contributed by atoms with Crippen LogP contribution in [0, 0.1) is 17.8 Å². The first-order valence-electron chi connectivity index (χ1n) is 15.5.